The number of halogens is 2. The maximum Gasteiger partial charge on any atom is 0.255 e. The van der Waals surface area contributed by atoms with Crippen molar-refractivity contribution < 1.29 is 13.9 Å². The van der Waals surface area contributed by atoms with Crippen LogP contribution < -0.4 is 10.5 Å². The summed E-state index contributed by atoms with van der Waals surface area (Å²) in [6.45, 7) is 0.279. The molecular weight excluding hydrogens is 507 g/mol. The van der Waals surface area contributed by atoms with Crippen LogP contribution in [0.4, 0.5) is 10.2 Å². The van der Waals surface area contributed by atoms with E-state index in [4.69, 9.17) is 22.1 Å². The van der Waals surface area contributed by atoms with Gasteiger partial charge in [-0.1, -0.05) is 29.5 Å². The molecule has 4 heterocycles. The first-order chi connectivity index (χ1) is 18.3. The number of anilines is 1. The number of carbonyl (C=O) groups excluding carboxylic acids is 1. The van der Waals surface area contributed by atoms with Gasteiger partial charge in [0.1, 0.15) is 18.2 Å². The number of aryl methyl sites for hydroxylation is 1. The van der Waals surface area contributed by atoms with E-state index in [0.29, 0.717) is 33.6 Å². The van der Waals surface area contributed by atoms with E-state index in [1.807, 2.05) is 19.2 Å². The molecule has 2 aromatic carbocycles. The van der Waals surface area contributed by atoms with Crippen LogP contribution in [0.3, 0.4) is 0 Å². The first kappa shape index (κ1) is 23.7. The van der Waals surface area contributed by atoms with E-state index < -0.39 is 5.95 Å². The smallest absolute Gasteiger partial charge is 0.255 e. The molecule has 0 saturated heterocycles. The lowest BCUT2D eigenvalue weighted by molar-refractivity contribution is 0.0709. The van der Waals surface area contributed by atoms with Gasteiger partial charge in [0.05, 0.1) is 44.8 Å². The number of hydrogen-bond acceptors (Lipinski definition) is 6. The van der Waals surface area contributed by atoms with Crippen LogP contribution in [0.25, 0.3) is 21.8 Å². The Kier molecular flexibility index (Phi) is 5.62. The van der Waals surface area contributed by atoms with Gasteiger partial charge in [0.25, 0.3) is 5.91 Å². The van der Waals surface area contributed by atoms with Crippen LogP contribution >= 0.6 is 11.6 Å². The van der Waals surface area contributed by atoms with E-state index in [2.05, 4.69) is 26.9 Å². The largest absolute Gasteiger partial charge is 0.491 e. The molecular formula is C28H20ClFN6O2. The molecule has 0 radical (unpaired) electrons. The maximum absolute atomic E-state index is 13.8. The third kappa shape index (κ3) is 3.86. The predicted molar refractivity (Wildman–Crippen MR) is 142 cm³/mol. The van der Waals surface area contributed by atoms with Crippen molar-refractivity contribution in [3.05, 3.63) is 88.1 Å². The summed E-state index contributed by atoms with van der Waals surface area (Å²) in [5.74, 6) is 5.82. The number of amides is 1. The number of fused-ring (bicyclic) bond motifs is 4. The highest BCUT2D eigenvalue weighted by atomic mass is 35.5. The molecule has 0 saturated carbocycles. The van der Waals surface area contributed by atoms with Crippen molar-refractivity contribution >= 4 is 45.1 Å². The highest BCUT2D eigenvalue weighted by molar-refractivity contribution is 6.35. The zero-order valence-corrected chi connectivity index (χ0v) is 21.1. The fourth-order valence-corrected chi connectivity index (χ4v) is 4.92. The monoisotopic (exact) mass is 526 g/mol. The van der Waals surface area contributed by atoms with Gasteiger partial charge in [-0.2, -0.15) is 9.49 Å². The lowest BCUT2D eigenvalue weighted by atomic mass is 10.0. The molecule has 3 aromatic heterocycles. The van der Waals surface area contributed by atoms with Crippen molar-refractivity contribution in [2.24, 2.45) is 7.05 Å². The van der Waals surface area contributed by atoms with Crippen LogP contribution in [-0.4, -0.2) is 44.2 Å². The minimum atomic E-state index is -0.617. The Morgan fingerprint density at radius 1 is 1.24 bits per heavy atom. The van der Waals surface area contributed by atoms with Gasteiger partial charge in [0.2, 0.25) is 5.95 Å². The minimum absolute atomic E-state index is 0.214. The van der Waals surface area contributed by atoms with E-state index in [9.17, 15) is 9.18 Å². The number of benzene rings is 2. The molecule has 1 aliphatic heterocycles. The molecule has 10 heteroatoms. The Hall–Kier alpha value is -4.68. The van der Waals surface area contributed by atoms with Crippen LogP contribution in [0.2, 0.25) is 5.02 Å². The van der Waals surface area contributed by atoms with Gasteiger partial charge >= 0.3 is 0 Å². The summed E-state index contributed by atoms with van der Waals surface area (Å²) in [5, 5.41) is 6.00. The number of ether oxygens (including phenoxy) is 1. The van der Waals surface area contributed by atoms with Crippen LogP contribution in [0.15, 0.2) is 54.9 Å². The van der Waals surface area contributed by atoms with Crippen LogP contribution in [0.1, 0.15) is 33.1 Å². The van der Waals surface area contributed by atoms with Crippen LogP contribution in [0, 0.1) is 17.8 Å². The minimum Gasteiger partial charge on any atom is -0.491 e. The average Bonchev–Trinajstić information content (AvgIpc) is 3.51. The van der Waals surface area contributed by atoms with E-state index >= 15 is 0 Å². The maximum atomic E-state index is 13.8. The molecule has 0 spiro atoms. The average molecular weight is 527 g/mol. The summed E-state index contributed by atoms with van der Waals surface area (Å²) < 4.78 is 21.4. The second-order valence-corrected chi connectivity index (χ2v) is 9.37. The van der Waals surface area contributed by atoms with Crippen molar-refractivity contribution in [3.63, 3.8) is 0 Å². The van der Waals surface area contributed by atoms with Crippen LogP contribution in [-0.2, 0) is 7.05 Å². The third-order valence-electron chi connectivity index (χ3n) is 6.68. The molecule has 188 valence electrons. The molecule has 0 bridgehead atoms. The number of hydrogen-bond donors (Lipinski definition) is 1. The van der Waals surface area contributed by atoms with Gasteiger partial charge in [-0.15, -0.1) is 0 Å². The fraction of sp³-hybridized carbons (Fsp3) is 0.143. The summed E-state index contributed by atoms with van der Waals surface area (Å²) in [6.07, 6.45) is 3.02. The SMILES string of the molecule is CN(C(=O)c1cc2c(cc1Cl)nc(N)c1cnn(C)c12)[C@@H]1COc2cc(C#Cc3cccnc3F)ccc21. The van der Waals surface area contributed by atoms with Gasteiger partial charge in [-0.3, -0.25) is 9.48 Å². The van der Waals surface area contributed by atoms with Gasteiger partial charge in [0.15, 0.2) is 0 Å². The highest BCUT2D eigenvalue weighted by Crippen LogP contribution is 2.38. The number of nitrogens with two attached hydrogens (primary N) is 1. The molecule has 0 fully saturated rings. The second-order valence-electron chi connectivity index (χ2n) is 8.96. The normalized spacial score (nSPS) is 14.2. The van der Waals surface area contributed by atoms with E-state index in [-0.39, 0.29) is 29.1 Å². The van der Waals surface area contributed by atoms with Crippen LogP contribution in [0.5, 0.6) is 5.75 Å². The first-order valence-corrected chi connectivity index (χ1v) is 12.1. The summed E-state index contributed by atoms with van der Waals surface area (Å²) in [7, 11) is 3.52. The second kappa shape index (κ2) is 9.01. The standard InChI is InChI=1S/C28H20ClFN6O2/c1-35(23-14-38-24-10-15(6-8-17(23)24)5-7-16-4-3-9-32-26(16)30)28(37)18-11-19-22(12-21(18)29)34-27(31)20-13-33-36(2)25(19)20/h3-4,6,8-13,23H,14H2,1-2H3,(H2,31,34)/t23-/m1/s1. The lowest BCUT2D eigenvalue weighted by Gasteiger charge is -2.24. The Bertz CT molecular complexity index is 1840. The molecule has 1 aliphatic rings. The number of likely N-dealkylation sites (N-methyl/N-ethyl adjacent to an activating group) is 1. The zero-order valence-electron chi connectivity index (χ0n) is 20.4. The molecule has 1 atom stereocenters. The number of rotatable bonds is 2. The first-order valence-electron chi connectivity index (χ1n) is 11.7. The Balaban J connectivity index is 1.31. The summed E-state index contributed by atoms with van der Waals surface area (Å²) in [4.78, 5) is 23.3. The van der Waals surface area contributed by atoms with Crippen molar-refractivity contribution in [2.75, 3.05) is 19.4 Å². The number of carbonyl (C=O) groups is 1. The molecule has 8 nitrogen and oxygen atoms in total. The zero-order chi connectivity index (χ0) is 26.6. The van der Waals surface area contributed by atoms with Crippen molar-refractivity contribution in [3.8, 4) is 17.6 Å². The van der Waals surface area contributed by atoms with Gasteiger partial charge in [-0.25, -0.2) is 9.97 Å². The topological polar surface area (TPSA) is 99.2 Å². The third-order valence-corrected chi connectivity index (χ3v) is 7.00. The highest BCUT2D eigenvalue weighted by Gasteiger charge is 2.32. The molecule has 0 aliphatic carbocycles. The van der Waals surface area contributed by atoms with Gasteiger partial charge < -0.3 is 15.4 Å². The van der Waals surface area contributed by atoms with E-state index in [1.165, 1.54) is 6.20 Å². The summed E-state index contributed by atoms with van der Waals surface area (Å²) in [5.41, 5.74) is 9.51. The summed E-state index contributed by atoms with van der Waals surface area (Å²) >= 11 is 6.56. The van der Waals surface area contributed by atoms with Crippen molar-refractivity contribution in [1.29, 1.82) is 0 Å². The van der Waals surface area contributed by atoms with Crippen molar-refractivity contribution in [2.45, 2.75) is 6.04 Å². The fourth-order valence-electron chi connectivity index (χ4n) is 4.68. The number of nitrogens with zero attached hydrogens (tertiary/aromatic N) is 5. The molecule has 6 rings (SSSR count). The Morgan fingerprint density at radius 2 is 2.08 bits per heavy atom. The molecule has 0 unspecified atom stereocenters. The summed E-state index contributed by atoms with van der Waals surface area (Å²) in [6, 6.07) is 11.7. The molecule has 1 amide bonds. The van der Waals surface area contributed by atoms with Gasteiger partial charge in [-0.05, 0) is 36.4 Å². The van der Waals surface area contributed by atoms with E-state index in [1.54, 1.807) is 53.2 Å². The van der Waals surface area contributed by atoms with Gasteiger partial charge in [0, 0.05) is 36.8 Å². The Morgan fingerprint density at radius 3 is 2.89 bits per heavy atom. The van der Waals surface area contributed by atoms with Crippen molar-refractivity contribution in [1.82, 2.24) is 24.6 Å². The lowest BCUT2D eigenvalue weighted by Crippen LogP contribution is -2.32. The predicted octanol–water partition coefficient (Wildman–Crippen LogP) is 4.50. The number of nitrogen functional groups attached to an aromatic ring is 1. The quantitative estimate of drug-likeness (QED) is 0.269. The number of aromatic nitrogens is 4. The molecule has 5 aromatic rings. The van der Waals surface area contributed by atoms with E-state index in [0.717, 1.165) is 16.5 Å². The Labute approximate surface area is 221 Å². The number of pyridine rings is 2. The molecule has 38 heavy (non-hydrogen) atoms. The molecule has 2 N–H and O–H groups in total.